The number of hydrogen-bond acceptors (Lipinski definition) is 4. The molecule has 6 heteroatoms. The van der Waals surface area contributed by atoms with Crippen LogP contribution in [0.3, 0.4) is 0 Å². The lowest BCUT2D eigenvalue weighted by atomic mass is 9.91. The molecule has 0 bridgehead atoms. The molecule has 0 aromatic carbocycles. The second kappa shape index (κ2) is 5.27. The van der Waals surface area contributed by atoms with Gasteiger partial charge in [-0.25, -0.2) is 0 Å². The largest absolute Gasteiger partial charge is 0.480 e. The van der Waals surface area contributed by atoms with Crippen LogP contribution in [0.15, 0.2) is 0 Å². The number of carboxylic acid groups (broad SMARTS) is 2. The molecule has 0 amide bonds. The van der Waals surface area contributed by atoms with Crippen molar-refractivity contribution in [3.05, 3.63) is 0 Å². The highest BCUT2D eigenvalue weighted by Gasteiger charge is 2.29. The summed E-state index contributed by atoms with van der Waals surface area (Å²) in [5.74, 6) is -2.11. The van der Waals surface area contributed by atoms with Crippen molar-refractivity contribution < 1.29 is 19.8 Å². The number of carboxylic acids is 2. The topological polar surface area (TPSA) is 127 Å². The molecule has 0 heterocycles. The van der Waals surface area contributed by atoms with Crippen LogP contribution in [0, 0.1) is 0 Å². The summed E-state index contributed by atoms with van der Waals surface area (Å²) in [5.41, 5.74) is 8.53. The zero-order valence-corrected chi connectivity index (χ0v) is 9.69. The summed E-state index contributed by atoms with van der Waals surface area (Å²) in [5, 5.41) is 17.5. The SMILES string of the molecule is C[C@](N)(CCCC[C@](C)(N)C(=O)O)C(=O)O. The maximum Gasteiger partial charge on any atom is 0.323 e. The fourth-order valence-electron chi connectivity index (χ4n) is 1.20. The van der Waals surface area contributed by atoms with E-state index in [-0.39, 0.29) is 0 Å². The molecule has 0 saturated heterocycles. The molecule has 0 fully saturated rings. The Labute approximate surface area is 94.6 Å². The van der Waals surface area contributed by atoms with Gasteiger partial charge >= 0.3 is 11.9 Å². The van der Waals surface area contributed by atoms with Crippen molar-refractivity contribution in [1.29, 1.82) is 0 Å². The summed E-state index contributed by atoms with van der Waals surface area (Å²) in [6.07, 6.45) is 1.69. The Morgan fingerprint density at radius 1 is 0.938 bits per heavy atom. The maximum absolute atomic E-state index is 10.7. The molecule has 0 aromatic rings. The Morgan fingerprint density at radius 2 is 1.19 bits per heavy atom. The lowest BCUT2D eigenvalue weighted by Gasteiger charge is -2.21. The average molecular weight is 232 g/mol. The molecule has 0 unspecified atom stereocenters. The van der Waals surface area contributed by atoms with E-state index in [2.05, 4.69) is 0 Å². The number of hydrogen-bond donors (Lipinski definition) is 4. The first kappa shape index (κ1) is 14.9. The van der Waals surface area contributed by atoms with Gasteiger partial charge in [0.15, 0.2) is 0 Å². The highest BCUT2D eigenvalue weighted by Crippen LogP contribution is 2.16. The van der Waals surface area contributed by atoms with E-state index in [0.29, 0.717) is 25.7 Å². The molecule has 0 aliphatic rings. The van der Waals surface area contributed by atoms with Crippen molar-refractivity contribution >= 4 is 11.9 Å². The standard InChI is InChI=1S/C10H20N2O4/c1-9(11,7(13)14)5-3-4-6-10(2,12)8(15)16/h3-6,11-12H2,1-2H3,(H,13,14)(H,15,16)/t9-,10-/m0/s1. The third-order valence-electron chi connectivity index (χ3n) is 2.62. The molecule has 0 spiro atoms. The number of aliphatic carboxylic acids is 2. The first-order valence-electron chi connectivity index (χ1n) is 5.14. The molecule has 94 valence electrons. The predicted molar refractivity (Wildman–Crippen MR) is 58.9 cm³/mol. The Balaban J connectivity index is 3.94. The number of rotatable bonds is 7. The Morgan fingerprint density at radius 3 is 1.38 bits per heavy atom. The van der Waals surface area contributed by atoms with Crippen LogP contribution in [0.2, 0.25) is 0 Å². The summed E-state index contributed by atoms with van der Waals surface area (Å²) in [7, 11) is 0. The Bertz CT molecular complexity index is 246. The van der Waals surface area contributed by atoms with Crippen LogP contribution in [0.4, 0.5) is 0 Å². The van der Waals surface area contributed by atoms with Crippen molar-refractivity contribution in [3.8, 4) is 0 Å². The Hall–Kier alpha value is -1.14. The molecular weight excluding hydrogens is 212 g/mol. The lowest BCUT2D eigenvalue weighted by molar-refractivity contribution is -0.144. The second-order valence-corrected chi connectivity index (χ2v) is 4.65. The predicted octanol–water partition coefficient (Wildman–Crippen LogP) is 0.151. The molecule has 0 rings (SSSR count). The normalized spacial score (nSPS) is 18.5. The molecule has 2 atom stereocenters. The highest BCUT2D eigenvalue weighted by atomic mass is 16.4. The van der Waals surface area contributed by atoms with Crippen LogP contribution in [0.1, 0.15) is 39.5 Å². The van der Waals surface area contributed by atoms with Crippen molar-refractivity contribution in [2.45, 2.75) is 50.6 Å². The molecule has 0 aliphatic heterocycles. The molecule has 6 N–H and O–H groups in total. The van der Waals surface area contributed by atoms with Gasteiger partial charge in [-0.15, -0.1) is 0 Å². The van der Waals surface area contributed by atoms with Crippen LogP contribution >= 0.6 is 0 Å². The Kier molecular flexibility index (Phi) is 4.89. The van der Waals surface area contributed by atoms with E-state index in [1.54, 1.807) is 0 Å². The minimum Gasteiger partial charge on any atom is -0.480 e. The third kappa shape index (κ3) is 4.59. The molecule has 0 aromatic heterocycles. The van der Waals surface area contributed by atoms with E-state index in [9.17, 15) is 9.59 Å². The molecular formula is C10H20N2O4. The zero-order chi connectivity index (χ0) is 13.0. The average Bonchev–Trinajstić information content (AvgIpc) is 2.12. The quantitative estimate of drug-likeness (QED) is 0.463. The second-order valence-electron chi connectivity index (χ2n) is 4.65. The van der Waals surface area contributed by atoms with Crippen LogP contribution in [0.25, 0.3) is 0 Å². The fourth-order valence-corrected chi connectivity index (χ4v) is 1.20. The summed E-state index contributed by atoms with van der Waals surface area (Å²) in [6.45, 7) is 2.88. The summed E-state index contributed by atoms with van der Waals surface area (Å²) >= 11 is 0. The van der Waals surface area contributed by atoms with Gasteiger partial charge < -0.3 is 21.7 Å². The lowest BCUT2D eigenvalue weighted by Crippen LogP contribution is -2.46. The summed E-state index contributed by atoms with van der Waals surface area (Å²) in [6, 6.07) is 0. The van der Waals surface area contributed by atoms with E-state index < -0.39 is 23.0 Å². The first-order chi connectivity index (χ1) is 7.09. The van der Waals surface area contributed by atoms with Crippen molar-refractivity contribution in [2.24, 2.45) is 11.5 Å². The van der Waals surface area contributed by atoms with Gasteiger partial charge in [-0.3, -0.25) is 9.59 Å². The van der Waals surface area contributed by atoms with Gasteiger partial charge in [-0.2, -0.15) is 0 Å². The molecule has 0 saturated carbocycles. The third-order valence-corrected chi connectivity index (χ3v) is 2.62. The molecule has 0 radical (unpaired) electrons. The van der Waals surface area contributed by atoms with Gasteiger partial charge in [0.05, 0.1) is 0 Å². The van der Waals surface area contributed by atoms with Gasteiger partial charge in [0.1, 0.15) is 11.1 Å². The minimum absolute atomic E-state index is 0.304. The molecule has 6 nitrogen and oxygen atoms in total. The van der Waals surface area contributed by atoms with Gasteiger partial charge in [-0.1, -0.05) is 12.8 Å². The van der Waals surface area contributed by atoms with Crippen molar-refractivity contribution in [1.82, 2.24) is 0 Å². The molecule has 16 heavy (non-hydrogen) atoms. The van der Waals surface area contributed by atoms with Gasteiger partial charge in [0, 0.05) is 0 Å². The number of unbranched alkanes of at least 4 members (excludes halogenated alkanes) is 1. The van der Waals surface area contributed by atoms with E-state index >= 15 is 0 Å². The van der Waals surface area contributed by atoms with Gasteiger partial charge in [0.2, 0.25) is 0 Å². The smallest absolute Gasteiger partial charge is 0.323 e. The summed E-state index contributed by atoms with van der Waals surface area (Å²) in [4.78, 5) is 21.4. The monoisotopic (exact) mass is 232 g/mol. The van der Waals surface area contributed by atoms with Crippen LogP contribution < -0.4 is 11.5 Å². The van der Waals surface area contributed by atoms with E-state index in [1.165, 1.54) is 13.8 Å². The van der Waals surface area contributed by atoms with E-state index in [4.69, 9.17) is 21.7 Å². The van der Waals surface area contributed by atoms with Crippen LogP contribution in [-0.4, -0.2) is 33.2 Å². The highest BCUT2D eigenvalue weighted by molar-refractivity contribution is 5.78. The van der Waals surface area contributed by atoms with Crippen LogP contribution in [-0.2, 0) is 9.59 Å². The summed E-state index contributed by atoms with van der Waals surface area (Å²) < 4.78 is 0. The van der Waals surface area contributed by atoms with Crippen molar-refractivity contribution in [2.75, 3.05) is 0 Å². The maximum atomic E-state index is 10.7. The van der Waals surface area contributed by atoms with Gasteiger partial charge in [-0.05, 0) is 26.7 Å². The molecule has 0 aliphatic carbocycles. The zero-order valence-electron chi connectivity index (χ0n) is 9.69. The van der Waals surface area contributed by atoms with Gasteiger partial charge in [0.25, 0.3) is 0 Å². The fraction of sp³-hybridized carbons (Fsp3) is 0.800. The van der Waals surface area contributed by atoms with Crippen molar-refractivity contribution in [3.63, 3.8) is 0 Å². The van der Waals surface area contributed by atoms with Crippen LogP contribution in [0.5, 0.6) is 0 Å². The van der Waals surface area contributed by atoms with E-state index in [0.717, 1.165) is 0 Å². The van der Waals surface area contributed by atoms with E-state index in [1.807, 2.05) is 0 Å². The number of nitrogens with two attached hydrogens (primary N) is 2. The first-order valence-corrected chi connectivity index (χ1v) is 5.14. The minimum atomic E-state index is -1.26. The number of carbonyl (C=O) groups is 2.